The van der Waals surface area contributed by atoms with Crippen molar-refractivity contribution >= 4 is 0 Å². The summed E-state index contributed by atoms with van der Waals surface area (Å²) < 4.78 is 2.25. The summed E-state index contributed by atoms with van der Waals surface area (Å²) in [5.41, 5.74) is 5.87. The van der Waals surface area contributed by atoms with E-state index in [4.69, 9.17) is 5.26 Å². The molecule has 112 valence electrons. The zero-order valence-electron chi connectivity index (χ0n) is 12.7. The van der Waals surface area contributed by atoms with Crippen molar-refractivity contribution < 1.29 is 5.73 Å². The standard InChI is InChI=1S/C16H23N5/c1-20(9-3-8-17)12-16-11-19-13-21(16)15-5-2-4-14(10-18)6-7-15/h2,4,6,11,13,15H,3,5,7-9,12,17H2,1H3/p+1. The highest BCUT2D eigenvalue weighted by molar-refractivity contribution is 5.34. The molecule has 0 aromatic carbocycles. The van der Waals surface area contributed by atoms with Crippen molar-refractivity contribution in [2.24, 2.45) is 0 Å². The monoisotopic (exact) mass is 286 g/mol. The molecule has 1 aromatic rings. The van der Waals surface area contributed by atoms with Crippen LogP contribution in [0.25, 0.3) is 0 Å². The highest BCUT2D eigenvalue weighted by atomic mass is 15.1. The van der Waals surface area contributed by atoms with Crippen molar-refractivity contribution in [2.75, 3.05) is 20.1 Å². The van der Waals surface area contributed by atoms with Crippen LogP contribution in [0.1, 0.15) is 31.0 Å². The van der Waals surface area contributed by atoms with Crippen LogP contribution in [0.3, 0.4) is 0 Å². The van der Waals surface area contributed by atoms with Gasteiger partial charge in [-0.1, -0.05) is 12.2 Å². The van der Waals surface area contributed by atoms with Crippen molar-refractivity contribution in [1.29, 1.82) is 5.26 Å². The van der Waals surface area contributed by atoms with Crippen molar-refractivity contribution in [3.8, 4) is 6.07 Å². The third kappa shape index (κ3) is 4.28. The number of hydrogen-bond acceptors (Lipinski definition) is 3. The van der Waals surface area contributed by atoms with Gasteiger partial charge in [0.25, 0.3) is 0 Å². The molecule has 0 bridgehead atoms. The van der Waals surface area contributed by atoms with E-state index in [-0.39, 0.29) is 0 Å². The van der Waals surface area contributed by atoms with Gasteiger partial charge in [0.1, 0.15) is 0 Å². The summed E-state index contributed by atoms with van der Waals surface area (Å²) >= 11 is 0. The first-order valence-corrected chi connectivity index (χ1v) is 7.50. The van der Waals surface area contributed by atoms with Crippen LogP contribution in [-0.2, 0) is 6.54 Å². The van der Waals surface area contributed by atoms with E-state index >= 15 is 0 Å². The molecule has 5 nitrogen and oxygen atoms in total. The van der Waals surface area contributed by atoms with Crippen LogP contribution >= 0.6 is 0 Å². The van der Waals surface area contributed by atoms with Gasteiger partial charge in [0.05, 0.1) is 24.6 Å². The molecule has 1 aromatic heterocycles. The second-order valence-corrected chi connectivity index (χ2v) is 5.54. The van der Waals surface area contributed by atoms with E-state index < -0.39 is 0 Å². The lowest BCUT2D eigenvalue weighted by Crippen LogP contribution is -2.51. The lowest BCUT2D eigenvalue weighted by molar-refractivity contribution is -0.368. The van der Waals surface area contributed by atoms with Crippen LogP contribution in [0.5, 0.6) is 0 Å². The maximum absolute atomic E-state index is 8.99. The molecule has 0 aliphatic heterocycles. The molecule has 0 spiro atoms. The van der Waals surface area contributed by atoms with Gasteiger partial charge in [-0.2, -0.15) is 5.26 Å². The zero-order valence-corrected chi connectivity index (χ0v) is 12.7. The number of rotatable bonds is 6. The largest absolute Gasteiger partial charge is 0.358 e. The Balaban J connectivity index is 2.05. The summed E-state index contributed by atoms with van der Waals surface area (Å²) in [6, 6.07) is 2.57. The van der Waals surface area contributed by atoms with Crippen LogP contribution in [0.15, 0.2) is 36.3 Å². The number of nitriles is 1. The summed E-state index contributed by atoms with van der Waals surface area (Å²) in [6.07, 6.45) is 12.8. The summed E-state index contributed by atoms with van der Waals surface area (Å²) in [7, 11) is 2.13. The van der Waals surface area contributed by atoms with Gasteiger partial charge < -0.3 is 15.2 Å². The Bertz CT molecular complexity index is 549. The normalized spacial score (nSPS) is 18.4. The van der Waals surface area contributed by atoms with Gasteiger partial charge in [-0.05, 0) is 26.0 Å². The van der Waals surface area contributed by atoms with E-state index in [9.17, 15) is 0 Å². The van der Waals surface area contributed by atoms with E-state index in [1.807, 2.05) is 24.7 Å². The van der Waals surface area contributed by atoms with Crippen molar-refractivity contribution in [2.45, 2.75) is 31.8 Å². The first kappa shape index (κ1) is 15.5. The molecule has 1 atom stereocenters. The van der Waals surface area contributed by atoms with Crippen LogP contribution in [0.4, 0.5) is 0 Å². The van der Waals surface area contributed by atoms with Crippen molar-refractivity contribution in [1.82, 2.24) is 14.5 Å². The third-order valence-electron chi connectivity index (χ3n) is 3.81. The number of quaternary nitrogens is 1. The summed E-state index contributed by atoms with van der Waals surface area (Å²) in [5.74, 6) is 0. The summed E-state index contributed by atoms with van der Waals surface area (Å²) in [6.45, 7) is 2.92. The Morgan fingerprint density at radius 2 is 2.38 bits per heavy atom. The number of hydrogen-bond donors (Lipinski definition) is 1. The summed E-state index contributed by atoms with van der Waals surface area (Å²) in [4.78, 5) is 6.62. The molecular weight excluding hydrogens is 262 g/mol. The second kappa shape index (κ2) is 7.77. The van der Waals surface area contributed by atoms with E-state index in [2.05, 4.69) is 39.4 Å². The minimum absolute atomic E-state index is 0.353. The maximum atomic E-state index is 8.99. The second-order valence-electron chi connectivity index (χ2n) is 5.54. The molecule has 3 N–H and O–H groups in total. The van der Waals surface area contributed by atoms with Gasteiger partial charge in [-0.15, -0.1) is 0 Å². The quantitative estimate of drug-likeness (QED) is 0.856. The summed E-state index contributed by atoms with van der Waals surface area (Å²) in [5, 5.41) is 8.99. The fraction of sp³-hybridized carbons (Fsp3) is 0.500. The fourth-order valence-corrected chi connectivity index (χ4v) is 2.61. The van der Waals surface area contributed by atoms with Gasteiger partial charge in [-0.25, -0.2) is 4.98 Å². The van der Waals surface area contributed by atoms with E-state index in [1.165, 1.54) is 5.69 Å². The molecule has 0 fully saturated rings. The Kier molecular flexibility index (Phi) is 5.73. The van der Waals surface area contributed by atoms with Gasteiger partial charge >= 0.3 is 0 Å². The molecule has 1 heterocycles. The average Bonchev–Trinajstić information content (AvgIpc) is 2.81. The Morgan fingerprint density at radius 1 is 1.52 bits per heavy atom. The lowest BCUT2D eigenvalue weighted by Gasteiger charge is -2.21. The molecule has 1 aliphatic rings. The van der Waals surface area contributed by atoms with Gasteiger partial charge in [0, 0.05) is 37.3 Å². The average molecular weight is 286 g/mol. The molecular formula is C16H24N5+. The van der Waals surface area contributed by atoms with Gasteiger partial charge in [-0.3, -0.25) is 0 Å². The maximum Gasteiger partial charge on any atom is 0.0988 e. The minimum Gasteiger partial charge on any atom is -0.358 e. The molecule has 1 unspecified atom stereocenters. The van der Waals surface area contributed by atoms with Crippen LogP contribution in [0.2, 0.25) is 0 Å². The SMILES string of the molecule is CN(CCC[NH3+])Cc1cncn1C1CC=CC(C#N)=CC1. The Morgan fingerprint density at radius 3 is 3.14 bits per heavy atom. The van der Waals surface area contributed by atoms with E-state index in [0.717, 1.165) is 44.5 Å². The molecule has 1 aliphatic carbocycles. The van der Waals surface area contributed by atoms with Crippen molar-refractivity contribution in [3.05, 3.63) is 42.0 Å². The number of imidazole rings is 1. The minimum atomic E-state index is 0.353. The number of allylic oxidation sites excluding steroid dienone is 4. The number of aromatic nitrogens is 2. The number of nitrogens with zero attached hydrogens (tertiary/aromatic N) is 4. The van der Waals surface area contributed by atoms with Crippen LogP contribution in [0, 0.1) is 11.3 Å². The fourth-order valence-electron chi connectivity index (χ4n) is 2.61. The molecule has 2 rings (SSSR count). The van der Waals surface area contributed by atoms with Gasteiger partial charge in [0.15, 0.2) is 0 Å². The molecule has 21 heavy (non-hydrogen) atoms. The first-order valence-electron chi connectivity index (χ1n) is 7.50. The molecule has 5 heteroatoms. The smallest absolute Gasteiger partial charge is 0.0988 e. The molecule has 0 amide bonds. The highest BCUT2D eigenvalue weighted by Gasteiger charge is 2.15. The predicted octanol–water partition coefficient (Wildman–Crippen LogP) is 1.29. The van der Waals surface area contributed by atoms with E-state index in [0.29, 0.717) is 6.04 Å². The topological polar surface area (TPSA) is 72.5 Å². The Labute approximate surface area is 126 Å². The zero-order chi connectivity index (χ0) is 15.1. The molecule has 0 saturated carbocycles. The van der Waals surface area contributed by atoms with Crippen LogP contribution in [-0.4, -0.2) is 34.6 Å². The highest BCUT2D eigenvalue weighted by Crippen LogP contribution is 2.24. The van der Waals surface area contributed by atoms with Gasteiger partial charge in [0.2, 0.25) is 0 Å². The first-order chi connectivity index (χ1) is 10.2. The van der Waals surface area contributed by atoms with E-state index in [1.54, 1.807) is 0 Å². The predicted molar refractivity (Wildman–Crippen MR) is 82.0 cm³/mol. The lowest BCUT2D eigenvalue weighted by atomic mass is 10.1. The third-order valence-corrected chi connectivity index (χ3v) is 3.81. The molecule has 0 saturated heterocycles. The molecule has 0 radical (unpaired) electrons. The Hall–Kier alpha value is -1.90. The van der Waals surface area contributed by atoms with Crippen LogP contribution < -0.4 is 5.73 Å². The van der Waals surface area contributed by atoms with Crippen molar-refractivity contribution in [3.63, 3.8) is 0 Å².